The third-order valence-electron chi connectivity index (χ3n) is 4.89. The van der Waals surface area contributed by atoms with Gasteiger partial charge < -0.3 is 14.5 Å². The molecule has 1 heterocycles. The second kappa shape index (κ2) is 10.2. The van der Waals surface area contributed by atoms with Crippen LogP contribution in [-0.2, 0) is 4.79 Å². The Morgan fingerprint density at radius 2 is 1.79 bits per heavy atom. The van der Waals surface area contributed by atoms with Gasteiger partial charge in [0.25, 0.3) is 5.91 Å². The van der Waals surface area contributed by atoms with Crippen molar-refractivity contribution in [1.82, 2.24) is 10.3 Å². The van der Waals surface area contributed by atoms with Crippen molar-refractivity contribution in [2.75, 3.05) is 5.32 Å². The van der Waals surface area contributed by atoms with Gasteiger partial charge >= 0.3 is 0 Å². The second-order valence-corrected chi connectivity index (χ2v) is 9.13. The Kier molecular flexibility index (Phi) is 7.28. The van der Waals surface area contributed by atoms with Gasteiger partial charge in [-0.2, -0.15) is 0 Å². The maximum Gasteiger partial charge on any atom is 0.266 e. The van der Waals surface area contributed by atoms with E-state index < -0.39 is 12.0 Å². The SMILES string of the molecule is Cc1ccc(-c2nc3cc(Cl)ccc3o2)cc1NC(=S)NC(=O)C(C)Oc1ccc(Cl)cc1Cl. The summed E-state index contributed by atoms with van der Waals surface area (Å²) in [5.74, 6) is 0.348. The van der Waals surface area contributed by atoms with E-state index in [2.05, 4.69) is 15.6 Å². The van der Waals surface area contributed by atoms with Gasteiger partial charge in [-0.15, -0.1) is 0 Å². The molecule has 1 aromatic heterocycles. The van der Waals surface area contributed by atoms with Crippen molar-refractivity contribution in [3.63, 3.8) is 0 Å². The van der Waals surface area contributed by atoms with Crippen LogP contribution in [0.2, 0.25) is 15.1 Å². The van der Waals surface area contributed by atoms with Crippen molar-refractivity contribution in [2.45, 2.75) is 20.0 Å². The molecule has 0 radical (unpaired) electrons. The number of fused-ring (bicyclic) bond motifs is 1. The standard InChI is InChI=1S/C24H18Cl3N3O3S/c1-12-3-4-14(23-28-19-11-16(26)6-8-21(19)33-23)9-18(12)29-24(34)30-22(31)13(2)32-20-7-5-15(25)10-17(20)27/h3-11,13H,1-2H3,(H2,29,30,31,34). The molecule has 10 heteroatoms. The average molecular weight is 535 g/mol. The van der Waals surface area contributed by atoms with Gasteiger partial charge in [0.1, 0.15) is 11.3 Å². The molecule has 6 nitrogen and oxygen atoms in total. The van der Waals surface area contributed by atoms with E-state index in [4.69, 9.17) is 56.2 Å². The number of nitrogens with one attached hydrogen (secondary N) is 2. The molecule has 174 valence electrons. The fourth-order valence-corrected chi connectivity index (χ4v) is 3.93. The number of amides is 1. The zero-order valence-corrected chi connectivity index (χ0v) is 21.1. The molecule has 1 unspecified atom stereocenters. The molecule has 0 aliphatic heterocycles. The molecule has 4 aromatic rings. The molecular weight excluding hydrogens is 517 g/mol. The normalized spacial score (nSPS) is 11.8. The molecule has 4 rings (SSSR count). The molecule has 0 bridgehead atoms. The van der Waals surface area contributed by atoms with Crippen LogP contribution in [0, 0.1) is 6.92 Å². The molecule has 3 aromatic carbocycles. The summed E-state index contributed by atoms with van der Waals surface area (Å²) in [5, 5.41) is 7.14. The lowest BCUT2D eigenvalue weighted by Gasteiger charge is -2.17. The highest BCUT2D eigenvalue weighted by molar-refractivity contribution is 7.80. The third-order valence-corrected chi connectivity index (χ3v) is 5.86. The van der Waals surface area contributed by atoms with Gasteiger partial charge in [0, 0.05) is 21.3 Å². The highest BCUT2D eigenvalue weighted by Crippen LogP contribution is 2.30. The van der Waals surface area contributed by atoms with Gasteiger partial charge in [0.05, 0.1) is 5.02 Å². The van der Waals surface area contributed by atoms with E-state index >= 15 is 0 Å². The average Bonchev–Trinajstić information content (AvgIpc) is 3.20. The fourth-order valence-electron chi connectivity index (χ4n) is 3.10. The lowest BCUT2D eigenvalue weighted by atomic mass is 10.1. The minimum atomic E-state index is -0.850. The van der Waals surface area contributed by atoms with Crippen LogP contribution in [0.15, 0.2) is 59.0 Å². The first-order valence-corrected chi connectivity index (χ1v) is 11.6. The van der Waals surface area contributed by atoms with Crippen LogP contribution in [0.1, 0.15) is 12.5 Å². The lowest BCUT2D eigenvalue weighted by Crippen LogP contribution is -2.42. The van der Waals surface area contributed by atoms with Gasteiger partial charge in [-0.1, -0.05) is 40.9 Å². The van der Waals surface area contributed by atoms with E-state index in [0.717, 1.165) is 11.1 Å². The first-order chi connectivity index (χ1) is 16.2. The molecule has 1 amide bonds. The van der Waals surface area contributed by atoms with Crippen LogP contribution in [0.5, 0.6) is 5.75 Å². The maximum absolute atomic E-state index is 12.6. The van der Waals surface area contributed by atoms with Crippen molar-refractivity contribution in [1.29, 1.82) is 0 Å². The van der Waals surface area contributed by atoms with Gasteiger partial charge in [0.15, 0.2) is 16.8 Å². The number of halogens is 3. The number of ether oxygens (including phenoxy) is 1. The summed E-state index contributed by atoms with van der Waals surface area (Å²) in [5.41, 5.74) is 3.64. The number of hydrogen-bond acceptors (Lipinski definition) is 5. The number of carbonyl (C=O) groups excluding carboxylic acids is 1. The number of oxazole rings is 1. The number of aromatic nitrogens is 1. The van der Waals surface area contributed by atoms with Crippen molar-refractivity contribution >= 4 is 74.8 Å². The first-order valence-electron chi connectivity index (χ1n) is 10.1. The highest BCUT2D eigenvalue weighted by atomic mass is 35.5. The summed E-state index contributed by atoms with van der Waals surface area (Å²) < 4.78 is 11.5. The summed E-state index contributed by atoms with van der Waals surface area (Å²) in [6.45, 7) is 3.50. The molecule has 0 saturated carbocycles. The Balaban J connectivity index is 1.44. The summed E-state index contributed by atoms with van der Waals surface area (Å²) in [4.78, 5) is 17.1. The van der Waals surface area contributed by atoms with Crippen molar-refractivity contribution in [3.05, 3.63) is 75.2 Å². The van der Waals surface area contributed by atoms with Gasteiger partial charge in [-0.3, -0.25) is 10.1 Å². The van der Waals surface area contributed by atoms with E-state index in [1.807, 2.05) is 25.1 Å². The topological polar surface area (TPSA) is 76.4 Å². The Bertz CT molecular complexity index is 1410. The van der Waals surface area contributed by atoms with Gasteiger partial charge in [-0.25, -0.2) is 4.98 Å². The molecule has 34 heavy (non-hydrogen) atoms. The minimum absolute atomic E-state index is 0.118. The van der Waals surface area contributed by atoms with Crippen molar-refractivity contribution in [3.8, 4) is 17.2 Å². The zero-order chi connectivity index (χ0) is 24.4. The molecule has 0 spiro atoms. The summed E-state index contributed by atoms with van der Waals surface area (Å²) in [6, 6.07) is 15.6. The third kappa shape index (κ3) is 5.62. The van der Waals surface area contributed by atoms with Crippen LogP contribution in [-0.4, -0.2) is 22.1 Å². The van der Waals surface area contributed by atoms with E-state index in [0.29, 0.717) is 43.5 Å². The number of anilines is 1. The Hall–Kier alpha value is -2.84. The summed E-state index contributed by atoms with van der Waals surface area (Å²) in [6.07, 6.45) is -0.850. The molecule has 0 saturated heterocycles. The highest BCUT2D eigenvalue weighted by Gasteiger charge is 2.18. The minimum Gasteiger partial charge on any atom is -0.479 e. The fraction of sp³-hybridized carbons (Fsp3) is 0.125. The number of hydrogen-bond donors (Lipinski definition) is 2. The Morgan fingerprint density at radius 1 is 1.06 bits per heavy atom. The van der Waals surface area contributed by atoms with Gasteiger partial charge in [-0.05, 0) is 80.2 Å². The number of thiocarbonyl (C=S) groups is 1. The lowest BCUT2D eigenvalue weighted by molar-refractivity contribution is -0.125. The zero-order valence-electron chi connectivity index (χ0n) is 18.0. The van der Waals surface area contributed by atoms with E-state index in [9.17, 15) is 4.79 Å². The summed E-state index contributed by atoms with van der Waals surface area (Å²) in [7, 11) is 0. The Morgan fingerprint density at radius 3 is 2.56 bits per heavy atom. The maximum atomic E-state index is 12.6. The number of rotatable bonds is 5. The second-order valence-electron chi connectivity index (χ2n) is 7.44. The van der Waals surface area contributed by atoms with Crippen LogP contribution in [0.25, 0.3) is 22.6 Å². The van der Waals surface area contributed by atoms with E-state index in [-0.39, 0.29) is 5.11 Å². The molecule has 2 N–H and O–H groups in total. The molecule has 1 atom stereocenters. The van der Waals surface area contributed by atoms with E-state index in [1.54, 1.807) is 37.3 Å². The van der Waals surface area contributed by atoms with Crippen LogP contribution in [0.4, 0.5) is 5.69 Å². The number of benzene rings is 3. The van der Waals surface area contributed by atoms with E-state index in [1.165, 1.54) is 6.07 Å². The van der Waals surface area contributed by atoms with Crippen LogP contribution >= 0.6 is 47.0 Å². The van der Waals surface area contributed by atoms with Gasteiger partial charge in [0.2, 0.25) is 5.89 Å². The van der Waals surface area contributed by atoms with Crippen LogP contribution < -0.4 is 15.4 Å². The predicted molar refractivity (Wildman–Crippen MR) is 140 cm³/mol. The smallest absolute Gasteiger partial charge is 0.266 e. The summed E-state index contributed by atoms with van der Waals surface area (Å²) >= 11 is 23.4. The van der Waals surface area contributed by atoms with Crippen LogP contribution in [0.3, 0.4) is 0 Å². The first kappa shape index (κ1) is 24.3. The molecule has 0 aliphatic carbocycles. The molecule has 0 aliphatic rings. The number of carbonyl (C=O) groups is 1. The molecular formula is C24H18Cl3N3O3S. The Labute approximate surface area is 216 Å². The van der Waals surface area contributed by atoms with Crippen molar-refractivity contribution in [2.24, 2.45) is 0 Å². The molecule has 0 fully saturated rings. The predicted octanol–water partition coefficient (Wildman–Crippen LogP) is 7.04. The number of aryl methyl sites for hydroxylation is 1. The largest absolute Gasteiger partial charge is 0.479 e. The quantitative estimate of drug-likeness (QED) is 0.267. The van der Waals surface area contributed by atoms with Crippen molar-refractivity contribution < 1.29 is 13.9 Å². The monoisotopic (exact) mass is 533 g/mol. The number of nitrogens with zero attached hydrogens (tertiary/aromatic N) is 1.